The van der Waals surface area contributed by atoms with Crippen molar-refractivity contribution in [1.82, 2.24) is 4.90 Å². The summed E-state index contributed by atoms with van der Waals surface area (Å²) < 4.78 is 7.13. The van der Waals surface area contributed by atoms with Crippen LogP contribution in [0.3, 0.4) is 0 Å². The normalized spacial score (nSPS) is 40.8. The van der Waals surface area contributed by atoms with E-state index in [-0.39, 0.29) is 23.0 Å². The minimum Gasteiger partial charge on any atom is -0.393 e. The van der Waals surface area contributed by atoms with Gasteiger partial charge in [-0.15, -0.1) is 0 Å². The lowest BCUT2D eigenvalue weighted by molar-refractivity contribution is -0.286. The van der Waals surface area contributed by atoms with Gasteiger partial charge in [0.05, 0.1) is 11.7 Å². The standard InChI is InChI=1S/C29H41NO3/c31-24-13-14-29(33-17-5-8-21-6-2-1-3-7-21)26-18-23-9-4-10-25(32)27(23)28(29,19-24)15-16-30(26)20-22-11-12-22/h1-3,6-7,22-23,25-27,32H,4-5,8-20H2/t23?,25?,26?,27?,28-,29-/m1/s1. The summed E-state index contributed by atoms with van der Waals surface area (Å²) in [5.74, 6) is 2.07. The number of likely N-dealkylation sites (tertiary alicyclic amines) is 1. The van der Waals surface area contributed by atoms with Gasteiger partial charge in [0.2, 0.25) is 0 Å². The van der Waals surface area contributed by atoms with Crippen molar-refractivity contribution < 1.29 is 14.6 Å². The van der Waals surface area contributed by atoms with Crippen molar-refractivity contribution in [2.75, 3.05) is 19.7 Å². The highest BCUT2D eigenvalue weighted by atomic mass is 16.5. The molecule has 0 radical (unpaired) electrons. The number of hydrogen-bond donors (Lipinski definition) is 1. The van der Waals surface area contributed by atoms with Crippen LogP contribution in [0.2, 0.25) is 0 Å². The first kappa shape index (κ1) is 22.2. The van der Waals surface area contributed by atoms with Gasteiger partial charge in [-0.3, -0.25) is 9.69 Å². The van der Waals surface area contributed by atoms with E-state index in [1.807, 2.05) is 0 Å². The summed E-state index contributed by atoms with van der Waals surface area (Å²) in [6.07, 6.45) is 12.1. The highest BCUT2D eigenvalue weighted by Crippen LogP contribution is 2.66. The summed E-state index contributed by atoms with van der Waals surface area (Å²) >= 11 is 0. The maximum Gasteiger partial charge on any atom is 0.133 e. The third-order valence-electron chi connectivity index (χ3n) is 10.1. The summed E-state index contributed by atoms with van der Waals surface area (Å²) in [4.78, 5) is 15.7. The molecule has 0 amide bonds. The topological polar surface area (TPSA) is 49.8 Å². The molecule has 5 aliphatic rings. The fourth-order valence-corrected chi connectivity index (χ4v) is 8.63. The number of hydrogen-bond acceptors (Lipinski definition) is 4. The second-order valence-corrected chi connectivity index (χ2v) is 11.9. The number of rotatable bonds is 7. The predicted molar refractivity (Wildman–Crippen MR) is 129 cm³/mol. The van der Waals surface area contributed by atoms with Gasteiger partial charge in [0.15, 0.2) is 0 Å². The van der Waals surface area contributed by atoms with Crippen molar-refractivity contribution in [1.29, 1.82) is 0 Å². The average molecular weight is 452 g/mol. The van der Waals surface area contributed by atoms with Crippen LogP contribution < -0.4 is 0 Å². The van der Waals surface area contributed by atoms with Gasteiger partial charge in [-0.2, -0.15) is 0 Å². The van der Waals surface area contributed by atoms with E-state index in [1.165, 1.54) is 31.4 Å². The number of aliphatic hydroxyl groups is 1. The number of carbonyl (C=O) groups excluding carboxylic acids is 1. The number of Topliss-reactive ketones (excluding diaryl/α,β-unsaturated/α-hetero) is 1. The van der Waals surface area contributed by atoms with Crippen LogP contribution in [-0.4, -0.2) is 53.2 Å². The molecule has 33 heavy (non-hydrogen) atoms. The smallest absolute Gasteiger partial charge is 0.133 e. The summed E-state index contributed by atoms with van der Waals surface area (Å²) in [5, 5.41) is 11.3. The average Bonchev–Trinajstić information content (AvgIpc) is 3.63. The lowest BCUT2D eigenvalue weighted by atomic mass is 9.42. The molecule has 1 heterocycles. The number of nitrogens with zero attached hydrogens (tertiary/aromatic N) is 1. The van der Waals surface area contributed by atoms with Gasteiger partial charge >= 0.3 is 0 Å². The van der Waals surface area contributed by atoms with E-state index in [0.29, 0.717) is 30.6 Å². The molecule has 2 bridgehead atoms. The Labute approximate surface area is 199 Å². The quantitative estimate of drug-likeness (QED) is 0.606. The molecule has 180 valence electrons. The Balaban J connectivity index is 1.31. The molecule has 6 rings (SSSR count). The number of piperidine rings is 1. The van der Waals surface area contributed by atoms with Crippen LogP contribution in [0.1, 0.15) is 76.2 Å². The predicted octanol–water partition coefficient (Wildman–Crippen LogP) is 4.78. The number of ether oxygens (including phenoxy) is 1. The van der Waals surface area contributed by atoms with Gasteiger partial charge in [0, 0.05) is 37.5 Å². The Morgan fingerprint density at radius 2 is 1.94 bits per heavy atom. The molecule has 1 aromatic rings. The van der Waals surface area contributed by atoms with Crippen molar-refractivity contribution in [3.05, 3.63) is 35.9 Å². The number of aryl methyl sites for hydroxylation is 1. The van der Waals surface area contributed by atoms with Crippen molar-refractivity contribution in [2.45, 2.75) is 94.8 Å². The van der Waals surface area contributed by atoms with Crippen molar-refractivity contribution >= 4 is 5.78 Å². The van der Waals surface area contributed by atoms with Crippen LogP contribution in [0.15, 0.2) is 30.3 Å². The zero-order valence-electron chi connectivity index (χ0n) is 20.1. The molecule has 0 spiro atoms. The fraction of sp³-hybridized carbons (Fsp3) is 0.759. The molecule has 0 aromatic heterocycles. The highest BCUT2D eigenvalue weighted by Gasteiger charge is 2.70. The van der Waals surface area contributed by atoms with Gasteiger partial charge in [-0.05, 0) is 87.6 Å². The Morgan fingerprint density at radius 1 is 1.09 bits per heavy atom. The lowest BCUT2D eigenvalue weighted by Crippen LogP contribution is -2.77. The molecular formula is C29H41NO3. The van der Waals surface area contributed by atoms with E-state index in [0.717, 1.165) is 64.0 Å². The fourth-order valence-electron chi connectivity index (χ4n) is 8.63. The van der Waals surface area contributed by atoms with Gasteiger partial charge in [0.25, 0.3) is 0 Å². The summed E-state index contributed by atoms with van der Waals surface area (Å²) in [6, 6.07) is 11.1. The largest absolute Gasteiger partial charge is 0.393 e. The SMILES string of the molecule is O=C1CC[C@@]2(OCCCc3ccccc3)C3CC4CCCC(O)C4[C@@]2(CCN3CC2CC2)C1. The second kappa shape index (κ2) is 8.77. The molecule has 4 unspecified atom stereocenters. The maximum absolute atomic E-state index is 13.0. The first-order valence-corrected chi connectivity index (χ1v) is 13.7. The number of aliphatic hydroxyl groups excluding tert-OH is 1. The zero-order valence-corrected chi connectivity index (χ0v) is 20.1. The van der Waals surface area contributed by atoms with E-state index >= 15 is 0 Å². The first-order valence-electron chi connectivity index (χ1n) is 13.7. The van der Waals surface area contributed by atoms with Gasteiger partial charge in [0.1, 0.15) is 5.78 Å². The first-order chi connectivity index (χ1) is 16.1. The molecule has 1 N–H and O–H groups in total. The molecule has 1 saturated heterocycles. The van der Waals surface area contributed by atoms with Gasteiger partial charge in [-0.1, -0.05) is 36.8 Å². The number of ketones is 1. The van der Waals surface area contributed by atoms with E-state index in [4.69, 9.17) is 4.74 Å². The molecule has 4 aliphatic carbocycles. The van der Waals surface area contributed by atoms with E-state index in [9.17, 15) is 9.90 Å². The minimum atomic E-state index is -0.266. The van der Waals surface area contributed by atoms with Crippen LogP contribution in [0.25, 0.3) is 0 Å². The van der Waals surface area contributed by atoms with E-state index in [1.54, 1.807) is 0 Å². The van der Waals surface area contributed by atoms with Gasteiger partial charge in [-0.25, -0.2) is 0 Å². The third-order valence-corrected chi connectivity index (χ3v) is 10.1. The van der Waals surface area contributed by atoms with E-state index < -0.39 is 0 Å². The van der Waals surface area contributed by atoms with Crippen molar-refractivity contribution in [2.24, 2.45) is 23.2 Å². The van der Waals surface area contributed by atoms with Crippen LogP contribution in [-0.2, 0) is 16.0 Å². The Kier molecular flexibility index (Phi) is 5.91. The Morgan fingerprint density at radius 3 is 2.76 bits per heavy atom. The molecule has 4 saturated carbocycles. The monoisotopic (exact) mass is 451 g/mol. The summed E-state index contributed by atoms with van der Waals surface area (Å²) in [6.45, 7) is 3.05. The molecule has 4 heteroatoms. The molecule has 4 nitrogen and oxygen atoms in total. The number of benzene rings is 1. The van der Waals surface area contributed by atoms with Crippen LogP contribution in [0.5, 0.6) is 0 Å². The second-order valence-electron chi connectivity index (χ2n) is 11.9. The molecule has 6 atom stereocenters. The summed E-state index contributed by atoms with van der Waals surface area (Å²) in [7, 11) is 0. The van der Waals surface area contributed by atoms with Crippen molar-refractivity contribution in [3.8, 4) is 0 Å². The zero-order chi connectivity index (χ0) is 22.5. The minimum absolute atomic E-state index is 0.164. The van der Waals surface area contributed by atoms with Crippen LogP contribution >= 0.6 is 0 Å². The lowest BCUT2D eigenvalue weighted by Gasteiger charge is -2.70. The molecule has 5 fully saturated rings. The third kappa shape index (κ3) is 3.81. The van der Waals surface area contributed by atoms with Crippen molar-refractivity contribution in [3.63, 3.8) is 0 Å². The molecule has 1 aliphatic heterocycles. The Hall–Kier alpha value is -1.23. The molecule has 1 aromatic carbocycles. The van der Waals surface area contributed by atoms with Crippen LogP contribution in [0.4, 0.5) is 0 Å². The Bertz CT molecular complexity index is 854. The van der Waals surface area contributed by atoms with Gasteiger partial charge < -0.3 is 9.84 Å². The highest BCUT2D eigenvalue weighted by molar-refractivity contribution is 5.81. The van der Waals surface area contributed by atoms with Crippen LogP contribution in [0, 0.1) is 23.2 Å². The maximum atomic E-state index is 13.0. The summed E-state index contributed by atoms with van der Waals surface area (Å²) in [5.41, 5.74) is 0.946. The van der Waals surface area contributed by atoms with E-state index in [2.05, 4.69) is 35.2 Å². The number of carbonyl (C=O) groups is 1. The number of fused-ring (bicyclic) bond motifs is 1. The molecular weight excluding hydrogens is 410 g/mol.